The molecule has 2 aromatic carbocycles. The third kappa shape index (κ3) is 5.16. The Morgan fingerprint density at radius 3 is 2.29 bits per heavy atom. The van der Waals surface area contributed by atoms with Crippen LogP contribution in [-0.4, -0.2) is 23.5 Å². The van der Waals surface area contributed by atoms with Crippen molar-refractivity contribution < 1.29 is 32.6 Å². The van der Waals surface area contributed by atoms with Crippen LogP contribution in [0.2, 0.25) is 5.02 Å². The van der Waals surface area contributed by atoms with Crippen molar-refractivity contribution in [1.82, 2.24) is 5.32 Å². The number of hydrogen-bond acceptors (Lipinski definition) is 3. The topological polar surface area (TPSA) is 75.6 Å². The van der Waals surface area contributed by atoms with Crippen LogP contribution in [0.4, 0.5) is 13.2 Å². The number of carboxylic acid groups (broad SMARTS) is 1. The third-order valence-electron chi connectivity index (χ3n) is 3.96. The smallest absolute Gasteiger partial charge is 0.416 e. The van der Waals surface area contributed by atoms with Crippen molar-refractivity contribution in [1.29, 1.82) is 0 Å². The molecule has 9 heteroatoms. The molecule has 5 nitrogen and oxygen atoms in total. The summed E-state index contributed by atoms with van der Waals surface area (Å²) >= 11 is 5.85. The van der Waals surface area contributed by atoms with Crippen LogP contribution >= 0.6 is 11.6 Å². The predicted molar refractivity (Wildman–Crippen MR) is 96.1 cm³/mol. The number of rotatable bonds is 7. The van der Waals surface area contributed by atoms with Crippen molar-refractivity contribution in [3.05, 3.63) is 64.7 Å². The number of amides is 1. The molecule has 0 aliphatic heterocycles. The van der Waals surface area contributed by atoms with E-state index < -0.39 is 23.3 Å². The lowest BCUT2D eigenvalue weighted by atomic mass is 9.89. The summed E-state index contributed by atoms with van der Waals surface area (Å²) in [5.41, 5.74) is -2.83. The average molecular weight is 416 g/mol. The van der Waals surface area contributed by atoms with Gasteiger partial charge in [-0.1, -0.05) is 29.8 Å². The monoisotopic (exact) mass is 415 g/mol. The molecular formula is C19H17ClF3NO4. The molecule has 0 spiro atoms. The van der Waals surface area contributed by atoms with Crippen molar-refractivity contribution >= 4 is 23.5 Å². The fourth-order valence-corrected chi connectivity index (χ4v) is 2.73. The number of carboxylic acids is 1. The fourth-order valence-electron chi connectivity index (χ4n) is 2.60. The maximum atomic E-state index is 13.0. The minimum atomic E-state index is -4.61. The summed E-state index contributed by atoms with van der Waals surface area (Å²) in [6, 6.07) is 9.67. The van der Waals surface area contributed by atoms with E-state index >= 15 is 0 Å². The molecule has 1 amide bonds. The minimum Gasteiger partial charge on any atom is -0.478 e. The molecule has 0 radical (unpaired) electrons. The van der Waals surface area contributed by atoms with Gasteiger partial charge in [-0.25, -0.2) is 4.79 Å². The lowest BCUT2D eigenvalue weighted by molar-refractivity contribution is -0.157. The summed E-state index contributed by atoms with van der Waals surface area (Å²) in [6.45, 7) is 1.20. The number of nitrogens with one attached hydrogen (secondary N) is 1. The fraction of sp³-hybridized carbons (Fsp3) is 0.263. The van der Waals surface area contributed by atoms with E-state index in [1.807, 2.05) is 0 Å². The molecule has 2 aromatic rings. The molecule has 0 aliphatic carbocycles. The molecule has 0 aromatic heterocycles. The molecule has 0 saturated carbocycles. The predicted octanol–water partition coefficient (Wildman–Crippen LogP) is 4.24. The van der Waals surface area contributed by atoms with E-state index in [4.69, 9.17) is 16.3 Å². The molecular weight excluding hydrogens is 399 g/mol. The molecule has 0 aliphatic rings. The van der Waals surface area contributed by atoms with Crippen molar-refractivity contribution in [2.24, 2.45) is 0 Å². The summed E-state index contributed by atoms with van der Waals surface area (Å²) in [5.74, 6) is -2.07. The second-order valence-electron chi connectivity index (χ2n) is 6.00. The lowest BCUT2D eigenvalue weighted by Gasteiger charge is -2.31. The molecule has 0 bridgehead atoms. The van der Waals surface area contributed by atoms with Crippen molar-refractivity contribution in [2.75, 3.05) is 6.54 Å². The largest absolute Gasteiger partial charge is 0.478 e. The van der Waals surface area contributed by atoms with Crippen LogP contribution in [-0.2, 0) is 21.4 Å². The van der Waals surface area contributed by atoms with E-state index in [-0.39, 0.29) is 30.2 Å². The highest BCUT2D eigenvalue weighted by atomic mass is 35.5. The van der Waals surface area contributed by atoms with Gasteiger partial charge in [-0.05, 0) is 30.3 Å². The minimum absolute atomic E-state index is 0.0662. The van der Waals surface area contributed by atoms with Crippen LogP contribution in [0.3, 0.4) is 0 Å². The standard InChI is InChI=1S/C19H17ClF3NO4/c1-12(25)24-10-9-18(17(26)27,13-5-7-15(20)8-6-13)28-16-4-2-3-14(11-16)19(21,22)23/h2-8,11H,9-10H2,1H3,(H,24,25)(H,26,27)/t18-/m1/s1. The molecule has 0 unspecified atom stereocenters. The number of halogens is 4. The zero-order chi connectivity index (χ0) is 20.9. The summed E-state index contributed by atoms with van der Waals surface area (Å²) in [5, 5.41) is 12.7. The molecule has 1 atom stereocenters. The maximum Gasteiger partial charge on any atom is 0.416 e. The summed E-state index contributed by atoms with van der Waals surface area (Å²) < 4.78 is 44.6. The van der Waals surface area contributed by atoms with Crippen LogP contribution in [0.5, 0.6) is 5.75 Å². The van der Waals surface area contributed by atoms with E-state index in [1.54, 1.807) is 0 Å². The van der Waals surface area contributed by atoms with Gasteiger partial charge < -0.3 is 15.2 Å². The normalized spacial score (nSPS) is 13.5. The number of aliphatic carboxylic acids is 1. The number of ether oxygens (including phenoxy) is 1. The Morgan fingerprint density at radius 1 is 1.11 bits per heavy atom. The van der Waals surface area contributed by atoms with Gasteiger partial charge in [0.1, 0.15) is 5.75 Å². The molecule has 0 fully saturated rings. The SMILES string of the molecule is CC(=O)NCC[C@](Oc1cccc(C(F)(F)F)c1)(C(=O)O)c1ccc(Cl)cc1. The number of carbonyl (C=O) groups excluding carboxylic acids is 1. The van der Waals surface area contributed by atoms with Crippen LogP contribution in [0.15, 0.2) is 48.5 Å². The van der Waals surface area contributed by atoms with Crippen molar-refractivity contribution in [3.63, 3.8) is 0 Å². The lowest BCUT2D eigenvalue weighted by Crippen LogP contribution is -2.44. The maximum absolute atomic E-state index is 13.0. The second-order valence-corrected chi connectivity index (χ2v) is 6.44. The van der Waals surface area contributed by atoms with E-state index in [2.05, 4.69) is 5.32 Å². The Labute approximate surface area is 164 Å². The molecule has 2 N–H and O–H groups in total. The average Bonchev–Trinajstić information content (AvgIpc) is 2.60. The highest BCUT2D eigenvalue weighted by molar-refractivity contribution is 6.30. The Morgan fingerprint density at radius 2 is 1.75 bits per heavy atom. The summed E-state index contributed by atoms with van der Waals surface area (Å²) in [4.78, 5) is 23.3. The highest BCUT2D eigenvalue weighted by Crippen LogP contribution is 2.36. The van der Waals surface area contributed by atoms with Gasteiger partial charge in [0, 0.05) is 30.5 Å². The van der Waals surface area contributed by atoms with Crippen LogP contribution in [0.25, 0.3) is 0 Å². The first-order valence-electron chi connectivity index (χ1n) is 8.15. The second kappa shape index (κ2) is 8.52. The van der Waals surface area contributed by atoms with Gasteiger partial charge in [-0.15, -0.1) is 0 Å². The first kappa shape index (κ1) is 21.6. The zero-order valence-corrected chi connectivity index (χ0v) is 15.5. The van der Waals surface area contributed by atoms with E-state index in [1.165, 1.54) is 37.3 Å². The van der Waals surface area contributed by atoms with Gasteiger partial charge >= 0.3 is 12.1 Å². The van der Waals surface area contributed by atoms with Gasteiger partial charge in [0.25, 0.3) is 0 Å². The third-order valence-corrected chi connectivity index (χ3v) is 4.21. The molecule has 2 rings (SSSR count). The van der Waals surface area contributed by atoms with Gasteiger partial charge in [0.15, 0.2) is 0 Å². The Bertz CT molecular complexity index is 855. The number of carbonyl (C=O) groups is 2. The molecule has 150 valence electrons. The number of benzene rings is 2. The first-order valence-corrected chi connectivity index (χ1v) is 8.52. The van der Waals surface area contributed by atoms with Gasteiger partial charge in [-0.2, -0.15) is 13.2 Å². The van der Waals surface area contributed by atoms with Gasteiger partial charge in [0.2, 0.25) is 11.5 Å². The van der Waals surface area contributed by atoms with Gasteiger partial charge in [0.05, 0.1) is 5.56 Å². The van der Waals surface area contributed by atoms with Crippen LogP contribution in [0, 0.1) is 0 Å². The molecule has 0 saturated heterocycles. The molecule has 28 heavy (non-hydrogen) atoms. The van der Waals surface area contributed by atoms with Gasteiger partial charge in [-0.3, -0.25) is 4.79 Å². The summed E-state index contributed by atoms with van der Waals surface area (Å²) in [7, 11) is 0. The Kier molecular flexibility index (Phi) is 6.56. The van der Waals surface area contributed by atoms with Crippen LogP contribution < -0.4 is 10.1 Å². The quantitative estimate of drug-likeness (QED) is 0.709. The molecule has 0 heterocycles. The van der Waals surface area contributed by atoms with Crippen LogP contribution in [0.1, 0.15) is 24.5 Å². The van der Waals surface area contributed by atoms with E-state index in [0.717, 1.165) is 18.2 Å². The zero-order valence-electron chi connectivity index (χ0n) is 14.7. The number of hydrogen-bond donors (Lipinski definition) is 2. The van der Waals surface area contributed by atoms with E-state index in [0.29, 0.717) is 5.02 Å². The van der Waals surface area contributed by atoms with Crippen molar-refractivity contribution in [2.45, 2.75) is 25.1 Å². The summed E-state index contributed by atoms with van der Waals surface area (Å²) in [6.07, 6.45) is -4.83. The highest BCUT2D eigenvalue weighted by Gasteiger charge is 2.43. The van der Waals surface area contributed by atoms with Crippen molar-refractivity contribution in [3.8, 4) is 5.75 Å². The number of alkyl halides is 3. The Hall–Kier alpha value is -2.74. The van der Waals surface area contributed by atoms with E-state index in [9.17, 15) is 27.9 Å². The Balaban J connectivity index is 2.48. The first-order chi connectivity index (χ1) is 13.0.